The quantitative estimate of drug-likeness (QED) is 0.667. The van der Waals surface area contributed by atoms with Gasteiger partial charge in [-0.2, -0.15) is 0 Å². The van der Waals surface area contributed by atoms with Crippen molar-refractivity contribution >= 4 is 0 Å². The van der Waals surface area contributed by atoms with Crippen LogP contribution in [0, 0.1) is 0 Å². The average molecular weight is 199 g/mol. The van der Waals surface area contributed by atoms with Crippen LogP contribution in [0.1, 0.15) is 58.3 Å². The van der Waals surface area contributed by atoms with Crippen molar-refractivity contribution in [2.45, 2.75) is 70.4 Å². The summed E-state index contributed by atoms with van der Waals surface area (Å²) in [4.78, 5) is 0. The third-order valence-electron chi connectivity index (χ3n) is 3.30. The summed E-state index contributed by atoms with van der Waals surface area (Å²) in [5, 5.41) is 12.6. The Morgan fingerprint density at radius 2 is 1.86 bits per heavy atom. The highest BCUT2D eigenvalue weighted by molar-refractivity contribution is 4.75. The second-order valence-electron chi connectivity index (χ2n) is 4.47. The first-order valence-electron chi connectivity index (χ1n) is 6.23. The van der Waals surface area contributed by atoms with E-state index in [-0.39, 0.29) is 0 Å². The van der Waals surface area contributed by atoms with Crippen molar-refractivity contribution in [3.63, 3.8) is 0 Å². The lowest BCUT2D eigenvalue weighted by Gasteiger charge is -2.23. The Labute approximate surface area is 88.1 Å². The van der Waals surface area contributed by atoms with Gasteiger partial charge in [-0.25, -0.2) is 0 Å². The fraction of sp³-hybridized carbons (Fsp3) is 1.00. The van der Waals surface area contributed by atoms with Gasteiger partial charge >= 0.3 is 0 Å². The maximum Gasteiger partial charge on any atom is 0.0445 e. The van der Waals surface area contributed by atoms with Crippen molar-refractivity contribution in [3.05, 3.63) is 0 Å². The molecule has 0 heterocycles. The molecule has 1 fully saturated rings. The molecule has 1 aliphatic rings. The van der Waals surface area contributed by atoms with E-state index in [1.165, 1.54) is 38.5 Å². The minimum Gasteiger partial charge on any atom is -0.396 e. The van der Waals surface area contributed by atoms with Crippen LogP contribution in [-0.2, 0) is 0 Å². The predicted octanol–water partition coefficient (Wildman–Crippen LogP) is 2.46. The molecule has 2 N–H and O–H groups in total. The Balaban J connectivity index is 2.24. The lowest BCUT2D eigenvalue weighted by Crippen LogP contribution is -2.38. The Kier molecular flexibility index (Phi) is 6.20. The van der Waals surface area contributed by atoms with E-state index < -0.39 is 0 Å². The highest BCUT2D eigenvalue weighted by Crippen LogP contribution is 2.18. The van der Waals surface area contributed by atoms with E-state index in [0.717, 1.165) is 12.8 Å². The van der Waals surface area contributed by atoms with E-state index in [1.54, 1.807) is 0 Å². The second-order valence-corrected chi connectivity index (χ2v) is 4.47. The van der Waals surface area contributed by atoms with Gasteiger partial charge in [0.1, 0.15) is 0 Å². The topological polar surface area (TPSA) is 32.3 Å². The van der Waals surface area contributed by atoms with E-state index in [0.29, 0.717) is 18.7 Å². The van der Waals surface area contributed by atoms with Crippen LogP contribution >= 0.6 is 0 Å². The molecule has 1 unspecified atom stereocenters. The minimum atomic E-state index is 0.318. The molecule has 2 heteroatoms. The molecule has 0 bridgehead atoms. The molecule has 0 aliphatic heterocycles. The molecule has 14 heavy (non-hydrogen) atoms. The van der Waals surface area contributed by atoms with Gasteiger partial charge < -0.3 is 10.4 Å². The molecule has 0 aromatic carbocycles. The van der Waals surface area contributed by atoms with Crippen LogP contribution in [0.25, 0.3) is 0 Å². The molecule has 84 valence electrons. The summed E-state index contributed by atoms with van der Waals surface area (Å²) in [6.07, 6.45) is 10.3. The number of aliphatic hydroxyl groups excluding tert-OH is 1. The first-order chi connectivity index (χ1) is 6.86. The highest BCUT2D eigenvalue weighted by Gasteiger charge is 2.15. The number of hydrogen-bond donors (Lipinski definition) is 2. The number of hydrogen-bond acceptors (Lipinski definition) is 2. The monoisotopic (exact) mass is 199 g/mol. The van der Waals surface area contributed by atoms with Crippen LogP contribution in [0.3, 0.4) is 0 Å². The van der Waals surface area contributed by atoms with Gasteiger partial charge in [0.2, 0.25) is 0 Å². The first kappa shape index (κ1) is 12.0. The second kappa shape index (κ2) is 7.24. The van der Waals surface area contributed by atoms with E-state index in [4.69, 9.17) is 5.11 Å². The van der Waals surface area contributed by atoms with Crippen LogP contribution in [0.5, 0.6) is 0 Å². The van der Waals surface area contributed by atoms with E-state index in [9.17, 15) is 0 Å². The molecule has 2 nitrogen and oxygen atoms in total. The van der Waals surface area contributed by atoms with Crippen molar-refractivity contribution in [1.82, 2.24) is 5.32 Å². The fourth-order valence-electron chi connectivity index (χ4n) is 2.34. The van der Waals surface area contributed by atoms with Crippen LogP contribution in [0.2, 0.25) is 0 Å². The van der Waals surface area contributed by atoms with Gasteiger partial charge in [0.05, 0.1) is 0 Å². The molecule has 1 saturated carbocycles. The molecule has 0 amide bonds. The third-order valence-corrected chi connectivity index (χ3v) is 3.30. The Hall–Kier alpha value is -0.0800. The molecule has 0 spiro atoms. The van der Waals surface area contributed by atoms with Crippen molar-refractivity contribution < 1.29 is 5.11 Å². The summed E-state index contributed by atoms with van der Waals surface area (Å²) in [5.41, 5.74) is 0. The van der Waals surface area contributed by atoms with Gasteiger partial charge in [0.15, 0.2) is 0 Å². The minimum absolute atomic E-state index is 0.318. The zero-order chi connectivity index (χ0) is 10.2. The van der Waals surface area contributed by atoms with Gasteiger partial charge in [-0.05, 0) is 25.7 Å². The maximum absolute atomic E-state index is 8.91. The molecule has 1 atom stereocenters. The summed E-state index contributed by atoms with van der Waals surface area (Å²) in [6.45, 7) is 2.52. The summed E-state index contributed by atoms with van der Waals surface area (Å²) in [6, 6.07) is 1.25. The fourth-order valence-corrected chi connectivity index (χ4v) is 2.34. The number of aliphatic hydroxyl groups is 1. The average Bonchev–Trinajstić information content (AvgIpc) is 2.45. The normalized spacial score (nSPS) is 21.9. The zero-order valence-corrected chi connectivity index (χ0v) is 9.47. The van der Waals surface area contributed by atoms with Gasteiger partial charge in [0.25, 0.3) is 0 Å². The first-order valence-corrected chi connectivity index (χ1v) is 6.23. The maximum atomic E-state index is 8.91. The summed E-state index contributed by atoms with van der Waals surface area (Å²) in [7, 11) is 0. The SMILES string of the molecule is CCC(CCO)NC1CCCCCC1. The molecule has 1 rings (SSSR count). The zero-order valence-electron chi connectivity index (χ0n) is 9.47. The van der Waals surface area contributed by atoms with Crippen molar-refractivity contribution in [2.75, 3.05) is 6.61 Å². The van der Waals surface area contributed by atoms with Gasteiger partial charge in [0, 0.05) is 18.7 Å². The third kappa shape index (κ3) is 4.43. The smallest absolute Gasteiger partial charge is 0.0445 e. The summed E-state index contributed by atoms with van der Waals surface area (Å²) in [5.74, 6) is 0. The summed E-state index contributed by atoms with van der Waals surface area (Å²) >= 11 is 0. The van der Waals surface area contributed by atoms with Gasteiger partial charge in [-0.3, -0.25) is 0 Å². The largest absolute Gasteiger partial charge is 0.396 e. The van der Waals surface area contributed by atoms with Crippen LogP contribution < -0.4 is 5.32 Å². The van der Waals surface area contributed by atoms with Gasteiger partial charge in [-0.1, -0.05) is 32.6 Å². The van der Waals surface area contributed by atoms with Crippen molar-refractivity contribution in [3.8, 4) is 0 Å². The van der Waals surface area contributed by atoms with Crippen molar-refractivity contribution in [1.29, 1.82) is 0 Å². The molecule has 0 saturated heterocycles. The molecule has 0 radical (unpaired) electrons. The van der Waals surface area contributed by atoms with Crippen LogP contribution in [0.15, 0.2) is 0 Å². The lowest BCUT2D eigenvalue weighted by molar-refractivity contribution is 0.252. The Bertz CT molecular complexity index is 130. The van der Waals surface area contributed by atoms with E-state index >= 15 is 0 Å². The van der Waals surface area contributed by atoms with Crippen molar-refractivity contribution in [2.24, 2.45) is 0 Å². The Morgan fingerprint density at radius 1 is 1.21 bits per heavy atom. The Morgan fingerprint density at radius 3 is 2.36 bits per heavy atom. The molecular weight excluding hydrogens is 174 g/mol. The number of rotatable bonds is 5. The predicted molar refractivity (Wildman–Crippen MR) is 60.4 cm³/mol. The molecule has 0 aromatic rings. The molecule has 1 aliphatic carbocycles. The van der Waals surface area contributed by atoms with Crippen LogP contribution in [0.4, 0.5) is 0 Å². The standard InChI is InChI=1S/C12H25NO/c1-2-11(9-10-14)13-12-7-5-3-4-6-8-12/h11-14H,2-10H2,1H3. The molecular formula is C12H25NO. The molecule has 0 aromatic heterocycles. The van der Waals surface area contributed by atoms with E-state index in [1.807, 2.05) is 0 Å². The highest BCUT2D eigenvalue weighted by atomic mass is 16.3. The van der Waals surface area contributed by atoms with Crippen LogP contribution in [-0.4, -0.2) is 23.8 Å². The lowest BCUT2D eigenvalue weighted by atomic mass is 10.1. The summed E-state index contributed by atoms with van der Waals surface area (Å²) < 4.78 is 0. The van der Waals surface area contributed by atoms with E-state index in [2.05, 4.69) is 12.2 Å². The van der Waals surface area contributed by atoms with Gasteiger partial charge in [-0.15, -0.1) is 0 Å². The number of nitrogens with one attached hydrogen (secondary N) is 1.